The summed E-state index contributed by atoms with van der Waals surface area (Å²) in [4.78, 5) is 27.8. The van der Waals surface area contributed by atoms with E-state index in [4.69, 9.17) is 27.9 Å². The lowest BCUT2D eigenvalue weighted by Crippen LogP contribution is -2.50. The molecule has 0 spiro atoms. The number of rotatable bonds is 10. The molecule has 2 amide bonds. The van der Waals surface area contributed by atoms with Crippen LogP contribution in [0.1, 0.15) is 43.9 Å². The molecule has 0 aliphatic rings. The van der Waals surface area contributed by atoms with E-state index in [-0.39, 0.29) is 25.0 Å². The van der Waals surface area contributed by atoms with Crippen LogP contribution < -0.4 is 10.1 Å². The Hall–Kier alpha value is -2.24. The Labute approximate surface area is 201 Å². The highest BCUT2D eigenvalue weighted by molar-refractivity contribution is 6.35. The molecule has 0 fully saturated rings. The van der Waals surface area contributed by atoms with Crippen LogP contribution in [0, 0.1) is 19.8 Å². The summed E-state index contributed by atoms with van der Waals surface area (Å²) in [5, 5.41) is 3.90. The second-order valence-electron chi connectivity index (χ2n) is 8.31. The Morgan fingerprint density at radius 3 is 2.47 bits per heavy atom. The fourth-order valence-corrected chi connectivity index (χ4v) is 3.75. The molecule has 2 rings (SSSR count). The van der Waals surface area contributed by atoms with Crippen LogP contribution in [0.4, 0.5) is 0 Å². The molecule has 0 bridgehead atoms. The second kappa shape index (κ2) is 12.1. The van der Waals surface area contributed by atoms with Crippen molar-refractivity contribution in [2.24, 2.45) is 5.92 Å². The number of hydrogen-bond donors (Lipinski definition) is 1. The topological polar surface area (TPSA) is 58.6 Å². The van der Waals surface area contributed by atoms with Gasteiger partial charge < -0.3 is 15.0 Å². The molecule has 32 heavy (non-hydrogen) atoms. The number of ether oxygens (including phenoxy) is 1. The number of hydrogen-bond acceptors (Lipinski definition) is 3. The van der Waals surface area contributed by atoms with Gasteiger partial charge in [-0.3, -0.25) is 9.59 Å². The lowest BCUT2D eigenvalue weighted by Gasteiger charge is -2.31. The third-order valence-electron chi connectivity index (χ3n) is 5.33. The van der Waals surface area contributed by atoms with Gasteiger partial charge >= 0.3 is 0 Å². The summed E-state index contributed by atoms with van der Waals surface area (Å²) < 4.78 is 5.84. The normalized spacial score (nSPS) is 11.9. The van der Waals surface area contributed by atoms with Crippen LogP contribution in [-0.2, 0) is 16.1 Å². The van der Waals surface area contributed by atoms with Crippen LogP contribution in [0.2, 0.25) is 10.0 Å². The first kappa shape index (κ1) is 26.0. The standard InChI is InChI=1S/C25H32Cl2N2O3/c1-6-22(25(31)28-13-16(2)3)29(14-19-10-11-20(26)12-21(19)27)24(30)15-32-23-9-7-8-17(4)18(23)5/h7-12,16,22H,6,13-15H2,1-5H3,(H,28,31)/t22-/m0/s1. The van der Waals surface area contributed by atoms with E-state index >= 15 is 0 Å². The monoisotopic (exact) mass is 478 g/mol. The molecule has 0 unspecified atom stereocenters. The first-order valence-corrected chi connectivity index (χ1v) is 11.6. The molecular formula is C25H32Cl2N2O3. The van der Waals surface area contributed by atoms with Gasteiger partial charge in [0.15, 0.2) is 6.61 Å². The number of carbonyl (C=O) groups is 2. The zero-order chi connectivity index (χ0) is 23.8. The summed E-state index contributed by atoms with van der Waals surface area (Å²) in [6, 6.07) is 10.2. The van der Waals surface area contributed by atoms with Crippen LogP contribution in [0.15, 0.2) is 36.4 Å². The first-order chi connectivity index (χ1) is 15.1. The summed E-state index contributed by atoms with van der Waals surface area (Å²) in [5.74, 6) is 0.480. The van der Waals surface area contributed by atoms with Crippen molar-refractivity contribution in [3.63, 3.8) is 0 Å². The van der Waals surface area contributed by atoms with E-state index < -0.39 is 6.04 Å². The average molecular weight is 479 g/mol. The van der Waals surface area contributed by atoms with Gasteiger partial charge in [0.2, 0.25) is 5.91 Å². The number of nitrogens with one attached hydrogen (secondary N) is 1. The quantitative estimate of drug-likeness (QED) is 0.485. The van der Waals surface area contributed by atoms with Crippen molar-refractivity contribution in [2.75, 3.05) is 13.2 Å². The highest BCUT2D eigenvalue weighted by atomic mass is 35.5. The van der Waals surface area contributed by atoms with Crippen LogP contribution >= 0.6 is 23.2 Å². The summed E-state index contributed by atoms with van der Waals surface area (Å²) in [6.07, 6.45) is 0.463. The van der Waals surface area contributed by atoms with Crippen molar-refractivity contribution < 1.29 is 14.3 Å². The Morgan fingerprint density at radius 1 is 1.12 bits per heavy atom. The number of carbonyl (C=O) groups excluding carboxylic acids is 2. The fourth-order valence-electron chi connectivity index (χ4n) is 3.28. The highest BCUT2D eigenvalue weighted by Crippen LogP contribution is 2.25. The van der Waals surface area contributed by atoms with Gasteiger partial charge in [0.05, 0.1) is 0 Å². The zero-order valence-corrected chi connectivity index (χ0v) is 20.9. The van der Waals surface area contributed by atoms with Crippen LogP contribution in [-0.4, -0.2) is 35.9 Å². The Morgan fingerprint density at radius 2 is 1.84 bits per heavy atom. The maximum atomic E-state index is 13.3. The minimum atomic E-state index is -0.643. The van der Waals surface area contributed by atoms with Crippen molar-refractivity contribution in [3.05, 3.63) is 63.1 Å². The number of benzene rings is 2. The van der Waals surface area contributed by atoms with Gasteiger partial charge in [-0.2, -0.15) is 0 Å². The lowest BCUT2D eigenvalue weighted by atomic mass is 10.1. The molecule has 7 heteroatoms. The molecule has 0 aliphatic heterocycles. The van der Waals surface area contributed by atoms with Crippen molar-refractivity contribution in [2.45, 2.75) is 53.6 Å². The molecule has 0 heterocycles. The number of amides is 2. The average Bonchev–Trinajstić information content (AvgIpc) is 2.74. The summed E-state index contributed by atoms with van der Waals surface area (Å²) in [5.41, 5.74) is 2.78. The van der Waals surface area contributed by atoms with Crippen molar-refractivity contribution in [1.82, 2.24) is 10.2 Å². The predicted molar refractivity (Wildman–Crippen MR) is 130 cm³/mol. The summed E-state index contributed by atoms with van der Waals surface area (Å²) in [6.45, 7) is 10.4. The van der Waals surface area contributed by atoms with Crippen molar-refractivity contribution >= 4 is 35.0 Å². The number of aryl methyl sites for hydroxylation is 1. The summed E-state index contributed by atoms with van der Waals surface area (Å²) >= 11 is 12.4. The molecular weight excluding hydrogens is 447 g/mol. The molecule has 1 N–H and O–H groups in total. The molecule has 0 aromatic heterocycles. The minimum Gasteiger partial charge on any atom is -0.483 e. The van der Waals surface area contributed by atoms with Gasteiger partial charge in [-0.15, -0.1) is 0 Å². The largest absolute Gasteiger partial charge is 0.483 e. The van der Waals surface area contributed by atoms with E-state index in [1.165, 1.54) is 4.90 Å². The van der Waals surface area contributed by atoms with Crippen molar-refractivity contribution in [3.8, 4) is 5.75 Å². The molecule has 5 nitrogen and oxygen atoms in total. The molecule has 0 radical (unpaired) electrons. The number of nitrogens with zero attached hydrogens (tertiary/aromatic N) is 1. The Balaban J connectivity index is 2.27. The Bertz CT molecular complexity index is 947. The van der Waals surface area contributed by atoms with Gasteiger partial charge in [0, 0.05) is 23.1 Å². The maximum Gasteiger partial charge on any atom is 0.261 e. The third-order valence-corrected chi connectivity index (χ3v) is 5.92. The van der Waals surface area contributed by atoms with E-state index in [1.54, 1.807) is 18.2 Å². The zero-order valence-electron chi connectivity index (χ0n) is 19.4. The highest BCUT2D eigenvalue weighted by Gasteiger charge is 2.29. The second-order valence-corrected chi connectivity index (χ2v) is 9.15. The van der Waals surface area contributed by atoms with E-state index in [9.17, 15) is 9.59 Å². The van der Waals surface area contributed by atoms with E-state index in [1.807, 2.05) is 52.8 Å². The molecule has 2 aromatic carbocycles. The van der Waals surface area contributed by atoms with Crippen molar-refractivity contribution in [1.29, 1.82) is 0 Å². The van der Waals surface area contributed by atoms with Crippen LogP contribution in [0.25, 0.3) is 0 Å². The summed E-state index contributed by atoms with van der Waals surface area (Å²) in [7, 11) is 0. The molecule has 1 atom stereocenters. The van der Waals surface area contributed by atoms with Gasteiger partial charge in [-0.05, 0) is 61.1 Å². The molecule has 0 aliphatic carbocycles. The molecule has 0 saturated heterocycles. The Kier molecular flexibility index (Phi) is 9.85. The van der Waals surface area contributed by atoms with Crippen LogP contribution in [0.5, 0.6) is 5.75 Å². The van der Waals surface area contributed by atoms with Gasteiger partial charge in [-0.1, -0.05) is 62.2 Å². The smallest absolute Gasteiger partial charge is 0.261 e. The fraction of sp³-hybridized carbons (Fsp3) is 0.440. The van der Waals surface area contributed by atoms with E-state index in [0.717, 1.165) is 11.1 Å². The lowest BCUT2D eigenvalue weighted by molar-refractivity contribution is -0.143. The van der Waals surface area contributed by atoms with Gasteiger partial charge in [-0.25, -0.2) is 0 Å². The molecule has 0 saturated carbocycles. The van der Waals surface area contributed by atoms with Gasteiger partial charge in [0.1, 0.15) is 11.8 Å². The first-order valence-electron chi connectivity index (χ1n) is 10.8. The predicted octanol–water partition coefficient (Wildman–Crippen LogP) is 5.57. The van der Waals surface area contributed by atoms with E-state index in [2.05, 4.69) is 5.32 Å². The van der Waals surface area contributed by atoms with Gasteiger partial charge in [0.25, 0.3) is 5.91 Å². The SMILES string of the molecule is CC[C@@H](C(=O)NCC(C)C)N(Cc1ccc(Cl)cc1Cl)C(=O)COc1cccc(C)c1C. The molecule has 174 valence electrons. The van der Waals surface area contributed by atoms with E-state index in [0.29, 0.717) is 40.2 Å². The number of halogens is 2. The molecule has 2 aromatic rings. The third kappa shape index (κ3) is 7.14. The minimum absolute atomic E-state index is 0.177. The van der Waals surface area contributed by atoms with Crippen LogP contribution in [0.3, 0.4) is 0 Å². The maximum absolute atomic E-state index is 13.3.